The fraction of sp³-hybridized carbons (Fsp3) is 0. The Morgan fingerprint density at radius 3 is 1.78 bits per heavy atom. The van der Waals surface area contributed by atoms with Crippen molar-refractivity contribution in [2.75, 3.05) is 0 Å². The molecule has 0 aliphatic carbocycles. The third-order valence-electron chi connectivity index (χ3n) is 0.704. The Bertz CT molecular complexity index is 208. The molecule has 0 atom stereocenters. The van der Waals surface area contributed by atoms with Gasteiger partial charge >= 0.3 is 47.9 Å². The van der Waals surface area contributed by atoms with Crippen LogP contribution in [0.3, 0.4) is 0 Å². The molecular weight excluding hydrogens is 132 g/mol. The minimum absolute atomic E-state index is 0.605. The van der Waals surface area contributed by atoms with Gasteiger partial charge in [0.1, 0.15) is 0 Å². The van der Waals surface area contributed by atoms with E-state index < -0.39 is 17.7 Å². The fourth-order valence-corrected chi connectivity index (χ4v) is 0.329. The van der Waals surface area contributed by atoms with Gasteiger partial charge in [0, 0.05) is 0 Å². The van der Waals surface area contributed by atoms with Gasteiger partial charge in [-0.2, -0.15) is 0 Å². The number of halogens is 3. The number of hydrogen-bond donors (Lipinski definition) is 0. The normalized spacial score (nSPS) is 9.22. The second-order valence-electron chi connectivity index (χ2n) is 1.27. The fourth-order valence-electron chi connectivity index (χ4n) is 0.329. The molecule has 1 aromatic rings. The molecule has 1 aromatic heterocycles. The van der Waals surface area contributed by atoms with Crippen LogP contribution in [0.4, 0.5) is 13.2 Å². The summed E-state index contributed by atoms with van der Waals surface area (Å²) in [5.41, 5.74) is 0. The van der Waals surface area contributed by atoms with Crippen molar-refractivity contribution in [1.29, 1.82) is 0 Å². The third kappa shape index (κ3) is 1.06. The number of nitrogens with zero attached hydrogens (tertiary/aromatic N) is 2. The molecule has 0 bridgehead atoms. The van der Waals surface area contributed by atoms with Crippen LogP contribution in [0.5, 0.6) is 0 Å². The molecule has 0 saturated carbocycles. The number of rotatable bonds is 0. The van der Waals surface area contributed by atoms with Crippen LogP contribution in [-0.4, -0.2) is 17.0 Å². The maximum absolute atomic E-state index is 11.9. The van der Waals surface area contributed by atoms with Crippen molar-refractivity contribution < 1.29 is 13.2 Å². The van der Waals surface area contributed by atoms with Gasteiger partial charge in [-0.3, -0.25) is 0 Å². The van der Waals surface area contributed by atoms with Crippen LogP contribution in [0, 0.1) is 17.7 Å². The zero-order chi connectivity index (χ0) is 6.85. The van der Waals surface area contributed by atoms with Crippen molar-refractivity contribution in [3.63, 3.8) is 0 Å². The molecule has 0 aromatic carbocycles. The van der Waals surface area contributed by atoms with Gasteiger partial charge in [-0.25, -0.2) is 0 Å². The molecule has 6 heteroatoms. The number of aromatic nitrogens is 2. The van der Waals surface area contributed by atoms with Crippen LogP contribution in [0.1, 0.15) is 0 Å². The molecule has 46 valence electrons. The molecule has 0 fully saturated rings. The maximum atomic E-state index is 11.9. The summed E-state index contributed by atoms with van der Waals surface area (Å²) in [6.07, 6.45) is 0. The Balaban J connectivity index is 3.25. The van der Waals surface area contributed by atoms with E-state index in [1.807, 2.05) is 0 Å². The summed E-state index contributed by atoms with van der Waals surface area (Å²) in [6.45, 7) is 0. The van der Waals surface area contributed by atoms with E-state index in [-0.39, 0.29) is 0 Å². The van der Waals surface area contributed by atoms with Crippen molar-refractivity contribution in [3.8, 4) is 0 Å². The first-order valence-electron chi connectivity index (χ1n) is 2.03. The molecule has 9 heavy (non-hydrogen) atoms. The van der Waals surface area contributed by atoms with E-state index in [9.17, 15) is 13.2 Å². The third-order valence-corrected chi connectivity index (χ3v) is 0.704. The first-order chi connectivity index (χ1) is 4.22. The Hall–Kier alpha value is -0.935. The van der Waals surface area contributed by atoms with E-state index in [0.717, 1.165) is 0 Å². The molecule has 0 unspecified atom stereocenters. The second kappa shape index (κ2) is 2.12. The predicted molar refractivity (Wildman–Crippen MR) is 23.3 cm³/mol. The van der Waals surface area contributed by atoms with Crippen molar-refractivity contribution in [2.24, 2.45) is 0 Å². The average Bonchev–Trinajstić information content (AvgIpc) is 1.83. The SMILES string of the molecule is Fc1nbnc(F)c1F. The Kier molecular flexibility index (Phi) is 1.46. The van der Waals surface area contributed by atoms with E-state index in [1.54, 1.807) is 0 Å². The summed E-state index contributed by atoms with van der Waals surface area (Å²) >= 11 is 0. The molecule has 0 spiro atoms. The average molecular weight is 132 g/mol. The monoisotopic (exact) mass is 132 g/mol. The van der Waals surface area contributed by atoms with Crippen LogP contribution < -0.4 is 0 Å². The second-order valence-corrected chi connectivity index (χ2v) is 1.27. The number of hydrogen-bond acceptors (Lipinski definition) is 2. The van der Waals surface area contributed by atoms with E-state index >= 15 is 0 Å². The van der Waals surface area contributed by atoms with E-state index in [0.29, 0.717) is 7.19 Å². The summed E-state index contributed by atoms with van der Waals surface area (Å²) in [5.74, 6) is -4.58. The van der Waals surface area contributed by atoms with Crippen molar-refractivity contribution in [1.82, 2.24) is 9.78 Å². The van der Waals surface area contributed by atoms with Crippen LogP contribution in [0.25, 0.3) is 0 Å². The molecule has 0 aliphatic heterocycles. The van der Waals surface area contributed by atoms with Crippen molar-refractivity contribution in [2.45, 2.75) is 0 Å². The van der Waals surface area contributed by atoms with E-state index in [4.69, 9.17) is 0 Å². The van der Waals surface area contributed by atoms with Crippen LogP contribution in [-0.2, 0) is 0 Å². The first-order valence-corrected chi connectivity index (χ1v) is 2.03. The molecule has 0 aliphatic rings. The van der Waals surface area contributed by atoms with Gasteiger partial charge in [-0.1, -0.05) is 0 Å². The molecular formula is C3BF3N2. The summed E-state index contributed by atoms with van der Waals surface area (Å²) in [6, 6.07) is 0. The van der Waals surface area contributed by atoms with E-state index in [2.05, 4.69) is 9.78 Å². The summed E-state index contributed by atoms with van der Waals surface area (Å²) in [5, 5.41) is 0. The van der Waals surface area contributed by atoms with Gasteiger partial charge in [0.05, 0.1) is 0 Å². The van der Waals surface area contributed by atoms with Gasteiger partial charge in [0.15, 0.2) is 0 Å². The van der Waals surface area contributed by atoms with Gasteiger partial charge in [0.2, 0.25) is 0 Å². The molecule has 0 saturated heterocycles. The van der Waals surface area contributed by atoms with Crippen LogP contribution in [0.15, 0.2) is 0 Å². The van der Waals surface area contributed by atoms with Crippen molar-refractivity contribution >= 4 is 7.19 Å². The van der Waals surface area contributed by atoms with E-state index in [1.165, 1.54) is 0 Å². The van der Waals surface area contributed by atoms with Crippen LogP contribution >= 0.6 is 0 Å². The Morgan fingerprint density at radius 2 is 1.44 bits per heavy atom. The molecule has 0 N–H and O–H groups in total. The Labute approximate surface area is 49.0 Å². The van der Waals surface area contributed by atoms with Gasteiger partial charge in [-0.05, 0) is 0 Å². The standard InChI is InChI=1S/C3BF3N2/c5-1-2(6)8-4-9-3(1)7. The molecule has 2 nitrogen and oxygen atoms in total. The van der Waals surface area contributed by atoms with Gasteiger partial charge in [-0.15, -0.1) is 0 Å². The summed E-state index contributed by atoms with van der Waals surface area (Å²) in [4.78, 5) is 5.49. The van der Waals surface area contributed by atoms with Gasteiger partial charge in [0.25, 0.3) is 0 Å². The quantitative estimate of drug-likeness (QED) is 0.504. The molecule has 1 rings (SSSR count). The van der Waals surface area contributed by atoms with Crippen molar-refractivity contribution in [3.05, 3.63) is 17.7 Å². The molecule has 0 amide bonds. The molecule has 0 radical (unpaired) electrons. The van der Waals surface area contributed by atoms with Crippen LogP contribution in [0.2, 0.25) is 0 Å². The van der Waals surface area contributed by atoms with Gasteiger partial charge < -0.3 is 0 Å². The summed E-state index contributed by atoms with van der Waals surface area (Å²) in [7, 11) is 0.605. The molecule has 1 heterocycles. The first kappa shape index (κ1) is 6.19. The minimum atomic E-state index is -1.64. The zero-order valence-corrected chi connectivity index (χ0v) is 4.11. The topological polar surface area (TPSA) is 25.8 Å². The zero-order valence-electron chi connectivity index (χ0n) is 4.11. The predicted octanol–water partition coefficient (Wildman–Crippen LogP) is 0.232. The Morgan fingerprint density at radius 1 is 1.00 bits per heavy atom. The summed E-state index contributed by atoms with van der Waals surface area (Å²) < 4.78 is 35.5.